The number of hydrogen-bond donors (Lipinski definition) is 0. The maximum atomic E-state index is 12.8. The summed E-state index contributed by atoms with van der Waals surface area (Å²) in [4.78, 5) is 17.0. The van der Waals surface area contributed by atoms with Crippen LogP contribution in [0.15, 0.2) is 65.1 Å². The fourth-order valence-corrected chi connectivity index (χ4v) is 4.87. The van der Waals surface area contributed by atoms with E-state index in [-0.39, 0.29) is 5.91 Å². The molecule has 1 fully saturated rings. The topological polar surface area (TPSA) is 58.8 Å². The van der Waals surface area contributed by atoms with E-state index < -0.39 is 0 Å². The van der Waals surface area contributed by atoms with E-state index in [4.69, 9.17) is 9.15 Å². The van der Waals surface area contributed by atoms with E-state index >= 15 is 0 Å². The van der Waals surface area contributed by atoms with Crippen LogP contribution >= 0.6 is 11.5 Å². The summed E-state index contributed by atoms with van der Waals surface area (Å²) in [6, 6.07) is 20.0. The Morgan fingerprint density at radius 1 is 1.03 bits per heavy atom. The number of furan rings is 1. The summed E-state index contributed by atoms with van der Waals surface area (Å²) in [5.41, 5.74) is 0.995. The minimum Gasteiger partial charge on any atom is -0.497 e. The zero-order valence-corrected chi connectivity index (χ0v) is 18.8. The molecule has 3 heterocycles. The lowest BCUT2D eigenvalue weighted by atomic mass is 10.1. The summed E-state index contributed by atoms with van der Waals surface area (Å²) in [5.74, 6) is 3.67. The summed E-state index contributed by atoms with van der Waals surface area (Å²) < 4.78 is 17.0. The lowest BCUT2D eigenvalue weighted by Gasteiger charge is -2.35. The number of anilines is 1. The first-order valence-electron chi connectivity index (χ1n) is 10.8. The van der Waals surface area contributed by atoms with Gasteiger partial charge in [0.2, 0.25) is 5.91 Å². The van der Waals surface area contributed by atoms with Crippen LogP contribution < -0.4 is 9.64 Å². The number of methoxy groups -OCH3 is 1. The second kappa shape index (κ2) is 9.04. The molecule has 0 atom stereocenters. The first-order valence-corrected chi connectivity index (χ1v) is 11.6. The van der Waals surface area contributed by atoms with Gasteiger partial charge in [-0.05, 0) is 60.1 Å². The highest BCUT2D eigenvalue weighted by molar-refractivity contribution is 7.13. The van der Waals surface area contributed by atoms with Crippen molar-refractivity contribution in [3.63, 3.8) is 0 Å². The van der Waals surface area contributed by atoms with E-state index in [9.17, 15) is 4.79 Å². The second-order valence-electron chi connectivity index (χ2n) is 7.86. The Morgan fingerprint density at radius 3 is 2.59 bits per heavy atom. The Labute approximate surface area is 191 Å². The van der Waals surface area contributed by atoms with Gasteiger partial charge in [-0.1, -0.05) is 12.1 Å². The molecule has 1 amide bonds. The zero-order chi connectivity index (χ0) is 21.9. The average molecular weight is 448 g/mol. The normalized spacial score (nSPS) is 14.2. The third-order valence-electron chi connectivity index (χ3n) is 5.91. The predicted octanol–water partition coefficient (Wildman–Crippen LogP) is 4.85. The molecule has 0 bridgehead atoms. The van der Waals surface area contributed by atoms with Gasteiger partial charge in [0.15, 0.2) is 0 Å². The maximum Gasteiger partial charge on any atom is 0.223 e. The van der Waals surface area contributed by atoms with Crippen molar-refractivity contribution in [2.24, 2.45) is 0 Å². The maximum absolute atomic E-state index is 12.8. The molecule has 7 heteroatoms. The lowest BCUT2D eigenvalue weighted by Crippen LogP contribution is -2.49. The lowest BCUT2D eigenvalue weighted by molar-refractivity contribution is -0.131. The van der Waals surface area contributed by atoms with Crippen molar-refractivity contribution in [2.45, 2.75) is 12.8 Å². The molecular weight excluding hydrogens is 422 g/mol. The summed E-state index contributed by atoms with van der Waals surface area (Å²) in [5, 5.41) is 1.20. The number of carbonyl (C=O) groups is 1. The van der Waals surface area contributed by atoms with Crippen molar-refractivity contribution in [3.05, 3.63) is 66.4 Å². The summed E-state index contributed by atoms with van der Waals surface area (Å²) in [6.45, 7) is 3.06. The molecule has 0 radical (unpaired) electrons. The molecular formula is C25H25N3O3S. The smallest absolute Gasteiger partial charge is 0.223 e. The third-order valence-corrected chi connectivity index (χ3v) is 6.73. The predicted molar refractivity (Wildman–Crippen MR) is 127 cm³/mol. The highest BCUT2D eigenvalue weighted by atomic mass is 32.1. The van der Waals surface area contributed by atoms with Crippen LogP contribution in [-0.4, -0.2) is 48.5 Å². The largest absolute Gasteiger partial charge is 0.497 e. The van der Waals surface area contributed by atoms with Crippen molar-refractivity contribution in [2.75, 3.05) is 38.2 Å². The highest BCUT2D eigenvalue weighted by Crippen LogP contribution is 2.30. The number of rotatable bonds is 6. The molecule has 0 saturated carbocycles. The Hall–Kier alpha value is -3.32. The van der Waals surface area contributed by atoms with Crippen molar-refractivity contribution < 1.29 is 13.9 Å². The Morgan fingerprint density at radius 2 is 1.81 bits per heavy atom. The standard InChI is InChI=1S/C25H25N3O3S/c1-30-19-8-6-18(7-9-19)22-12-10-20(31-22)11-13-24(29)27-14-16-28(17-15-27)25-21-4-2-3-5-23(21)32-26-25/h2-10,12H,11,13-17H2,1H3. The molecule has 0 N–H and O–H groups in total. The fraction of sp³-hybridized carbons (Fsp3) is 0.280. The molecule has 6 nitrogen and oxygen atoms in total. The van der Waals surface area contributed by atoms with Crippen molar-refractivity contribution in [1.29, 1.82) is 0 Å². The number of piperazine rings is 1. The summed E-state index contributed by atoms with van der Waals surface area (Å²) in [6.07, 6.45) is 1.06. The highest BCUT2D eigenvalue weighted by Gasteiger charge is 2.23. The Balaban J connectivity index is 1.14. The number of aryl methyl sites for hydroxylation is 1. The molecule has 2 aromatic carbocycles. The second-order valence-corrected chi connectivity index (χ2v) is 8.67. The third kappa shape index (κ3) is 4.21. The fourth-order valence-electron chi connectivity index (χ4n) is 4.08. The van der Waals surface area contributed by atoms with Crippen molar-refractivity contribution in [3.8, 4) is 17.1 Å². The number of fused-ring (bicyclic) bond motifs is 1. The van der Waals surface area contributed by atoms with Gasteiger partial charge in [-0.15, -0.1) is 0 Å². The molecule has 1 saturated heterocycles. The van der Waals surface area contributed by atoms with Crippen LogP contribution in [-0.2, 0) is 11.2 Å². The molecule has 164 valence electrons. The molecule has 2 aromatic heterocycles. The first kappa shape index (κ1) is 20.6. The van der Waals surface area contributed by atoms with E-state index in [1.165, 1.54) is 21.6 Å². The van der Waals surface area contributed by atoms with Crippen LogP contribution in [0.2, 0.25) is 0 Å². The van der Waals surface area contributed by atoms with Crippen molar-refractivity contribution >= 4 is 33.3 Å². The molecule has 5 rings (SSSR count). The number of amides is 1. The van der Waals surface area contributed by atoms with Gasteiger partial charge in [0.05, 0.1) is 11.8 Å². The Kier molecular flexibility index (Phi) is 5.81. The summed E-state index contributed by atoms with van der Waals surface area (Å²) in [7, 11) is 1.65. The van der Waals surface area contributed by atoms with Crippen molar-refractivity contribution in [1.82, 2.24) is 9.27 Å². The van der Waals surface area contributed by atoms with E-state index in [0.29, 0.717) is 12.8 Å². The van der Waals surface area contributed by atoms with Gasteiger partial charge >= 0.3 is 0 Å². The van der Waals surface area contributed by atoms with Crippen LogP contribution in [0.1, 0.15) is 12.2 Å². The van der Waals surface area contributed by atoms with Crippen LogP contribution in [0.5, 0.6) is 5.75 Å². The number of hydrogen-bond acceptors (Lipinski definition) is 6. The van der Waals surface area contributed by atoms with E-state index in [1.54, 1.807) is 7.11 Å². The molecule has 0 unspecified atom stereocenters. The van der Waals surface area contributed by atoms with Crippen LogP contribution in [0, 0.1) is 0 Å². The van der Waals surface area contributed by atoms with Gasteiger partial charge in [0, 0.05) is 50.0 Å². The number of aromatic nitrogens is 1. The molecule has 0 spiro atoms. The van der Waals surface area contributed by atoms with Gasteiger partial charge in [0.25, 0.3) is 0 Å². The van der Waals surface area contributed by atoms with Crippen LogP contribution in [0.4, 0.5) is 5.82 Å². The molecule has 32 heavy (non-hydrogen) atoms. The van der Waals surface area contributed by atoms with Gasteiger partial charge < -0.3 is 19.0 Å². The van der Waals surface area contributed by atoms with E-state index in [2.05, 4.69) is 27.5 Å². The number of nitrogens with zero attached hydrogens (tertiary/aromatic N) is 3. The van der Waals surface area contributed by atoms with Crippen LogP contribution in [0.3, 0.4) is 0 Å². The quantitative estimate of drug-likeness (QED) is 0.423. The van der Waals surface area contributed by atoms with E-state index in [0.717, 1.165) is 54.8 Å². The SMILES string of the molecule is COc1ccc(-c2ccc(CCC(=O)N3CCN(c4nsc5ccccc45)CC3)o2)cc1. The molecule has 0 aliphatic carbocycles. The van der Waals surface area contributed by atoms with Crippen LogP contribution in [0.25, 0.3) is 21.4 Å². The number of carbonyl (C=O) groups excluding carboxylic acids is 1. The Bertz CT molecular complexity index is 1210. The number of benzene rings is 2. The number of ether oxygens (including phenoxy) is 1. The van der Waals surface area contributed by atoms with Gasteiger partial charge in [-0.2, -0.15) is 4.37 Å². The van der Waals surface area contributed by atoms with Gasteiger partial charge in [-0.25, -0.2) is 0 Å². The molecule has 4 aromatic rings. The van der Waals surface area contributed by atoms with Gasteiger partial charge in [0.1, 0.15) is 23.1 Å². The zero-order valence-electron chi connectivity index (χ0n) is 18.0. The minimum atomic E-state index is 0.176. The average Bonchev–Trinajstić information content (AvgIpc) is 3.50. The van der Waals surface area contributed by atoms with E-state index in [1.807, 2.05) is 47.4 Å². The van der Waals surface area contributed by atoms with Gasteiger partial charge in [-0.3, -0.25) is 4.79 Å². The summed E-state index contributed by atoms with van der Waals surface area (Å²) >= 11 is 1.53. The monoisotopic (exact) mass is 447 g/mol. The molecule has 1 aliphatic rings. The molecule has 1 aliphatic heterocycles. The first-order chi connectivity index (χ1) is 15.7. The minimum absolute atomic E-state index is 0.176.